The van der Waals surface area contributed by atoms with E-state index >= 15 is 0 Å². The fourth-order valence-electron chi connectivity index (χ4n) is 0. The van der Waals surface area contributed by atoms with Gasteiger partial charge in [-0.2, -0.15) is 0 Å². The van der Waals surface area contributed by atoms with Crippen LogP contribution in [0.2, 0.25) is 0 Å². The van der Waals surface area contributed by atoms with Crippen molar-refractivity contribution in [1.82, 2.24) is 0 Å². The molecule has 2 atom stereocenters. The van der Waals surface area contributed by atoms with Crippen molar-refractivity contribution in [3.05, 3.63) is 0 Å². The van der Waals surface area contributed by atoms with Crippen molar-refractivity contribution in [2.45, 2.75) is 0 Å². The van der Waals surface area contributed by atoms with Gasteiger partial charge in [0.2, 0.25) is 0 Å². The van der Waals surface area contributed by atoms with Gasteiger partial charge in [-0.15, -0.1) is 0 Å². The summed E-state index contributed by atoms with van der Waals surface area (Å²) < 4.78 is 0. The van der Waals surface area contributed by atoms with Crippen molar-refractivity contribution in [3.8, 4) is 0 Å². The summed E-state index contributed by atoms with van der Waals surface area (Å²) in [5.41, 5.74) is 8.83. The van der Waals surface area contributed by atoms with Crippen molar-refractivity contribution in [1.29, 1.82) is 0 Å². The molecule has 2 unspecified atom stereocenters. The fourth-order valence-corrected chi connectivity index (χ4v) is 0. The molecule has 0 aromatic heterocycles. The summed E-state index contributed by atoms with van der Waals surface area (Å²) in [6.45, 7) is 0. The fraction of sp³-hybridized carbons (Fsp3) is 0. The van der Waals surface area contributed by atoms with Gasteiger partial charge in [-0.05, 0) is 0 Å². The predicted molar refractivity (Wildman–Crippen MR) is 27.8 cm³/mol. The maximum absolute atomic E-state index is 4.42. The molecule has 0 radical (unpaired) electrons. The van der Waals surface area contributed by atoms with Crippen molar-refractivity contribution in [2.24, 2.45) is 11.0 Å². The molecule has 2 nitrogen and oxygen atoms in total. The zero-order valence-electron chi connectivity index (χ0n) is 2.63. The molecule has 0 aliphatic rings. The van der Waals surface area contributed by atoms with Gasteiger partial charge in [0.05, 0.1) is 0 Å². The van der Waals surface area contributed by atoms with E-state index in [2.05, 4.69) is 11.0 Å². The number of nitrogens with two attached hydrogens (primary N) is 2. The van der Waals surface area contributed by atoms with Crippen molar-refractivity contribution in [3.63, 3.8) is 0 Å². The molecular weight excluding hydrogens is 149 g/mol. The van der Waals surface area contributed by atoms with Gasteiger partial charge in [-0.3, -0.25) is 0 Å². The van der Waals surface area contributed by atoms with E-state index in [0.29, 0.717) is 0 Å². The zero-order valence-corrected chi connectivity index (χ0v) is 5.92. The summed E-state index contributed by atoms with van der Waals surface area (Å²) in [6.07, 6.45) is 0. The largest absolute Gasteiger partial charge is 0.314 e. The quantitative estimate of drug-likeness (QED) is 0.366. The minimum atomic E-state index is 0. The summed E-state index contributed by atoms with van der Waals surface area (Å²) in [4.78, 5) is 0. The van der Waals surface area contributed by atoms with E-state index in [0.717, 1.165) is 0 Å². The molecule has 5 heavy (non-hydrogen) atoms. The molecule has 0 aromatic rings. The van der Waals surface area contributed by atoms with E-state index in [1.807, 2.05) is 18.8 Å². The van der Waals surface area contributed by atoms with E-state index in [1.165, 1.54) is 0 Å². The van der Waals surface area contributed by atoms with Crippen LogP contribution in [0.3, 0.4) is 0 Å². The molecule has 4 N–H and O–H groups in total. The molecule has 0 aliphatic carbocycles. The van der Waals surface area contributed by atoms with Gasteiger partial charge in [0.15, 0.2) is 0 Å². The molecule has 0 aliphatic heterocycles. The smallest absolute Gasteiger partial charge is 0 e. The first-order valence-corrected chi connectivity index (χ1v) is 2.00. The number of hydrogen-bond donors (Lipinski definition) is 2. The van der Waals surface area contributed by atoms with Gasteiger partial charge in [-0.1, -0.05) is 18.8 Å². The second kappa shape index (κ2) is 59.4. The van der Waals surface area contributed by atoms with Crippen LogP contribution in [0, 0.1) is 0 Å². The van der Waals surface area contributed by atoms with Crippen LogP contribution in [0.15, 0.2) is 0 Å². The third-order valence-electron chi connectivity index (χ3n) is 0. The Kier molecular flexibility index (Phi) is 193. The van der Waals surface area contributed by atoms with E-state index in [1.54, 1.807) is 0 Å². The molecule has 0 amide bonds. The third-order valence-corrected chi connectivity index (χ3v) is 0. The van der Waals surface area contributed by atoms with Crippen LogP contribution >= 0.6 is 18.8 Å². The monoisotopic (exact) mass is 156 g/mol. The molecule has 0 bridgehead atoms. The molecule has 0 saturated carbocycles. The Morgan fingerprint density at radius 3 is 0.800 bits per heavy atom. The van der Waals surface area contributed by atoms with Gasteiger partial charge in [0, 0.05) is 16.5 Å². The van der Waals surface area contributed by atoms with Crippen molar-refractivity contribution >= 4 is 18.8 Å². The second-order valence-corrected chi connectivity index (χ2v) is 0. The molecule has 0 rings (SSSR count). The second-order valence-electron chi connectivity index (χ2n) is 0. The maximum atomic E-state index is 4.42. The van der Waals surface area contributed by atoms with Crippen LogP contribution in [0.1, 0.15) is 0 Å². The van der Waals surface area contributed by atoms with Crippen LogP contribution in [0.5, 0.6) is 0 Å². The standard InChI is InChI=1S/2H4NP.Ni/c2*1-2;/h2*1-2H2;. The maximum Gasteiger partial charge on any atom is 0 e. The van der Waals surface area contributed by atoms with E-state index in [-0.39, 0.29) is 16.5 Å². The Bertz CT molecular complexity index is 7.61. The minimum Gasteiger partial charge on any atom is -0.314 e. The predicted octanol–water partition coefficient (Wildman–Crippen LogP) is -0.532. The van der Waals surface area contributed by atoms with E-state index in [4.69, 9.17) is 0 Å². The van der Waals surface area contributed by atoms with E-state index < -0.39 is 0 Å². The summed E-state index contributed by atoms with van der Waals surface area (Å²) >= 11 is 0. The van der Waals surface area contributed by atoms with Crippen LogP contribution in [-0.4, -0.2) is 0 Å². The van der Waals surface area contributed by atoms with Gasteiger partial charge in [-0.25, -0.2) is 0 Å². The molecule has 0 fully saturated rings. The molecule has 5 heteroatoms. The van der Waals surface area contributed by atoms with E-state index in [9.17, 15) is 0 Å². The average molecular weight is 157 g/mol. The molecule has 38 valence electrons. The topological polar surface area (TPSA) is 52.0 Å². The average Bonchev–Trinajstić information content (AvgIpc) is 1.50. The minimum absolute atomic E-state index is 0. The van der Waals surface area contributed by atoms with Gasteiger partial charge >= 0.3 is 0 Å². The Morgan fingerprint density at radius 1 is 0.800 bits per heavy atom. The number of hydrogen-bond acceptors (Lipinski definition) is 2. The Balaban J connectivity index is -0.0000000133. The summed E-state index contributed by atoms with van der Waals surface area (Å²) in [5.74, 6) is 0. The van der Waals surface area contributed by atoms with Crippen molar-refractivity contribution < 1.29 is 16.5 Å². The van der Waals surface area contributed by atoms with Crippen molar-refractivity contribution in [2.75, 3.05) is 0 Å². The zero-order chi connectivity index (χ0) is 4.00. The first-order chi connectivity index (χ1) is 2.00. The van der Waals surface area contributed by atoms with Crippen LogP contribution in [-0.2, 0) is 16.5 Å². The first kappa shape index (κ1) is 16.3. The Labute approximate surface area is 46.9 Å². The first-order valence-electron chi connectivity index (χ1n) is 0.667. The molecule has 0 aromatic carbocycles. The normalized spacial score (nSPS) is 2.40. The number of rotatable bonds is 0. The summed E-state index contributed by atoms with van der Waals surface area (Å²) in [5, 5.41) is 0. The summed E-state index contributed by atoms with van der Waals surface area (Å²) in [7, 11) is 3.83. The van der Waals surface area contributed by atoms with Crippen LogP contribution in [0.25, 0.3) is 0 Å². The summed E-state index contributed by atoms with van der Waals surface area (Å²) in [6, 6.07) is 0. The SMILES string of the molecule is NP.NP.[Ni]. The Hall–Kier alpha value is 1.27. The van der Waals surface area contributed by atoms with Gasteiger partial charge < -0.3 is 11.0 Å². The molecular formula is H8N2NiP2. The molecule has 0 spiro atoms. The van der Waals surface area contributed by atoms with Crippen LogP contribution in [0.4, 0.5) is 0 Å². The molecule has 0 heterocycles. The Morgan fingerprint density at radius 2 is 0.800 bits per heavy atom. The van der Waals surface area contributed by atoms with Gasteiger partial charge in [0.25, 0.3) is 0 Å². The third kappa shape index (κ3) is 34.8. The molecule has 0 saturated heterocycles. The van der Waals surface area contributed by atoms with Crippen LogP contribution < -0.4 is 11.0 Å². The van der Waals surface area contributed by atoms with Gasteiger partial charge in [0.1, 0.15) is 0 Å².